The third-order valence-corrected chi connectivity index (χ3v) is 5.24. The zero-order chi connectivity index (χ0) is 21.6. The van der Waals surface area contributed by atoms with Crippen molar-refractivity contribution < 1.29 is 14.3 Å². The van der Waals surface area contributed by atoms with Crippen LogP contribution in [0.3, 0.4) is 0 Å². The molecule has 0 aromatic heterocycles. The molecule has 1 aliphatic rings. The molecule has 5 heteroatoms. The van der Waals surface area contributed by atoms with E-state index in [-0.39, 0.29) is 24.3 Å². The highest BCUT2D eigenvalue weighted by molar-refractivity contribution is 5.81. The van der Waals surface area contributed by atoms with Crippen LogP contribution in [0.1, 0.15) is 36.1 Å². The highest BCUT2D eigenvalue weighted by Crippen LogP contribution is 2.32. The summed E-state index contributed by atoms with van der Waals surface area (Å²) in [7, 11) is 0. The third-order valence-electron chi connectivity index (χ3n) is 5.24. The van der Waals surface area contributed by atoms with Crippen molar-refractivity contribution in [3.05, 3.63) is 102 Å². The van der Waals surface area contributed by atoms with Gasteiger partial charge in [-0.25, -0.2) is 0 Å². The normalized spacial score (nSPS) is 14.6. The topological polar surface area (TPSA) is 58.6 Å². The van der Waals surface area contributed by atoms with Crippen LogP contribution < -0.4 is 10.1 Å². The van der Waals surface area contributed by atoms with E-state index in [1.807, 2.05) is 84.9 Å². The molecule has 31 heavy (non-hydrogen) atoms. The van der Waals surface area contributed by atoms with Crippen LogP contribution in [0.4, 0.5) is 0 Å². The number of hydrogen-bond donors (Lipinski definition) is 1. The molecule has 0 fully saturated rings. The van der Waals surface area contributed by atoms with Crippen LogP contribution in [-0.4, -0.2) is 16.7 Å². The summed E-state index contributed by atoms with van der Waals surface area (Å²) < 4.78 is 5.80. The number of nitrogens with one attached hydrogen (secondary N) is 1. The molecule has 0 spiro atoms. The van der Waals surface area contributed by atoms with E-state index in [2.05, 4.69) is 5.32 Å². The number of hydrogen-bond acceptors (Lipinski definition) is 3. The van der Waals surface area contributed by atoms with Gasteiger partial charge in [0.25, 0.3) is 0 Å². The Morgan fingerprint density at radius 3 is 2.32 bits per heavy atom. The minimum Gasteiger partial charge on any atom is -0.457 e. The number of carbonyl (C=O) groups is 2. The summed E-state index contributed by atoms with van der Waals surface area (Å²) in [6, 6.07) is 24.8. The Morgan fingerprint density at radius 1 is 0.903 bits per heavy atom. The minimum atomic E-state index is -0.305. The molecule has 0 bridgehead atoms. The first kappa shape index (κ1) is 20.4. The Kier molecular flexibility index (Phi) is 6.13. The summed E-state index contributed by atoms with van der Waals surface area (Å²) in [5.74, 6) is 1.33. The lowest BCUT2D eigenvalue weighted by Gasteiger charge is -2.32. The second-order valence-corrected chi connectivity index (χ2v) is 7.43. The molecule has 3 aromatic rings. The summed E-state index contributed by atoms with van der Waals surface area (Å²) in [6.45, 7) is 1.93. The standard InChI is InChI=1S/C26H24N2O3/c1-19(29)28-16-15-21-7-5-6-10-24(21)25(28)17-26(30)27-18-20-11-13-23(14-12-20)31-22-8-3-2-4-9-22/h2-16,25H,17-18H2,1H3,(H,27,30). The number of rotatable bonds is 6. The van der Waals surface area contributed by atoms with Gasteiger partial charge in [0.2, 0.25) is 11.8 Å². The van der Waals surface area contributed by atoms with E-state index in [1.54, 1.807) is 11.1 Å². The van der Waals surface area contributed by atoms with E-state index in [9.17, 15) is 9.59 Å². The van der Waals surface area contributed by atoms with Gasteiger partial charge in [0, 0.05) is 19.7 Å². The largest absolute Gasteiger partial charge is 0.457 e. The maximum atomic E-state index is 12.7. The van der Waals surface area contributed by atoms with Crippen molar-refractivity contribution in [3.63, 3.8) is 0 Å². The molecule has 4 rings (SSSR count). The molecule has 2 amide bonds. The van der Waals surface area contributed by atoms with Gasteiger partial charge in [-0.05, 0) is 47.0 Å². The summed E-state index contributed by atoms with van der Waals surface area (Å²) in [4.78, 5) is 26.4. The van der Waals surface area contributed by atoms with Crippen molar-refractivity contribution in [2.75, 3.05) is 0 Å². The summed E-state index contributed by atoms with van der Waals surface area (Å²) in [5.41, 5.74) is 2.99. The fraction of sp³-hybridized carbons (Fsp3) is 0.154. The maximum Gasteiger partial charge on any atom is 0.223 e. The van der Waals surface area contributed by atoms with Crippen molar-refractivity contribution in [1.29, 1.82) is 0 Å². The molecule has 1 N–H and O–H groups in total. The van der Waals surface area contributed by atoms with E-state index >= 15 is 0 Å². The number of amides is 2. The van der Waals surface area contributed by atoms with Gasteiger partial charge in [0.15, 0.2) is 0 Å². The van der Waals surface area contributed by atoms with E-state index in [0.29, 0.717) is 6.54 Å². The van der Waals surface area contributed by atoms with E-state index < -0.39 is 0 Å². The number of nitrogens with zero attached hydrogens (tertiary/aromatic N) is 1. The van der Waals surface area contributed by atoms with E-state index in [4.69, 9.17) is 4.74 Å². The van der Waals surface area contributed by atoms with Crippen LogP contribution in [0.25, 0.3) is 6.08 Å². The average Bonchev–Trinajstić information content (AvgIpc) is 2.79. The van der Waals surface area contributed by atoms with Gasteiger partial charge >= 0.3 is 0 Å². The van der Waals surface area contributed by atoms with Gasteiger partial charge in [-0.3, -0.25) is 9.59 Å². The molecule has 0 saturated heterocycles. The first-order chi connectivity index (χ1) is 15.1. The number of fused-ring (bicyclic) bond motifs is 1. The van der Waals surface area contributed by atoms with Gasteiger partial charge in [-0.1, -0.05) is 54.6 Å². The number of ether oxygens (including phenoxy) is 1. The van der Waals surface area contributed by atoms with Crippen LogP contribution in [0.15, 0.2) is 85.1 Å². The van der Waals surface area contributed by atoms with Crippen LogP contribution in [0.2, 0.25) is 0 Å². The zero-order valence-electron chi connectivity index (χ0n) is 17.3. The second-order valence-electron chi connectivity index (χ2n) is 7.43. The lowest BCUT2D eigenvalue weighted by Crippen LogP contribution is -2.35. The fourth-order valence-corrected chi connectivity index (χ4v) is 3.66. The molecule has 156 valence electrons. The number of benzene rings is 3. The Balaban J connectivity index is 1.36. The molecule has 0 aliphatic carbocycles. The smallest absolute Gasteiger partial charge is 0.223 e. The van der Waals surface area contributed by atoms with Crippen molar-refractivity contribution in [3.8, 4) is 11.5 Å². The highest BCUT2D eigenvalue weighted by atomic mass is 16.5. The number of para-hydroxylation sites is 1. The molecule has 5 nitrogen and oxygen atoms in total. The number of carbonyl (C=O) groups excluding carboxylic acids is 2. The quantitative estimate of drug-likeness (QED) is 0.616. The van der Waals surface area contributed by atoms with Crippen molar-refractivity contribution in [2.45, 2.75) is 25.9 Å². The molecular formula is C26H24N2O3. The molecule has 1 atom stereocenters. The molecule has 1 aliphatic heterocycles. The van der Waals surface area contributed by atoms with Crippen LogP contribution >= 0.6 is 0 Å². The SMILES string of the molecule is CC(=O)N1C=Cc2ccccc2C1CC(=O)NCc1ccc(Oc2ccccc2)cc1. The Morgan fingerprint density at radius 2 is 1.58 bits per heavy atom. The average molecular weight is 412 g/mol. The van der Waals surface area contributed by atoms with Gasteiger partial charge in [-0.15, -0.1) is 0 Å². The lowest BCUT2D eigenvalue weighted by atomic mass is 9.93. The highest BCUT2D eigenvalue weighted by Gasteiger charge is 2.28. The van der Waals surface area contributed by atoms with Gasteiger partial charge in [0.1, 0.15) is 11.5 Å². The molecule has 3 aromatic carbocycles. The van der Waals surface area contributed by atoms with Gasteiger partial charge in [0.05, 0.1) is 12.5 Å². The fourth-order valence-electron chi connectivity index (χ4n) is 3.66. The van der Waals surface area contributed by atoms with Crippen LogP contribution in [0.5, 0.6) is 11.5 Å². The van der Waals surface area contributed by atoms with Crippen molar-refractivity contribution >= 4 is 17.9 Å². The van der Waals surface area contributed by atoms with Crippen LogP contribution in [0, 0.1) is 0 Å². The lowest BCUT2D eigenvalue weighted by molar-refractivity contribution is -0.130. The summed E-state index contributed by atoms with van der Waals surface area (Å²) >= 11 is 0. The first-order valence-electron chi connectivity index (χ1n) is 10.2. The Bertz CT molecular complexity index is 1090. The van der Waals surface area contributed by atoms with Crippen molar-refractivity contribution in [1.82, 2.24) is 10.2 Å². The Hall–Kier alpha value is -3.86. The molecule has 0 saturated carbocycles. The monoisotopic (exact) mass is 412 g/mol. The van der Waals surface area contributed by atoms with Crippen LogP contribution in [-0.2, 0) is 16.1 Å². The Labute approximate surface area is 182 Å². The predicted octanol–water partition coefficient (Wildman–Crippen LogP) is 5.06. The first-order valence-corrected chi connectivity index (χ1v) is 10.2. The maximum absolute atomic E-state index is 12.7. The molecule has 1 unspecified atom stereocenters. The summed E-state index contributed by atoms with van der Waals surface area (Å²) in [5, 5.41) is 2.96. The van der Waals surface area contributed by atoms with E-state index in [1.165, 1.54) is 6.92 Å². The predicted molar refractivity (Wildman–Crippen MR) is 120 cm³/mol. The summed E-state index contributed by atoms with van der Waals surface area (Å²) in [6.07, 6.45) is 3.87. The minimum absolute atomic E-state index is 0.0856. The van der Waals surface area contributed by atoms with Crippen molar-refractivity contribution in [2.24, 2.45) is 0 Å². The van der Waals surface area contributed by atoms with E-state index in [0.717, 1.165) is 28.2 Å². The van der Waals surface area contributed by atoms with Gasteiger partial charge < -0.3 is 15.0 Å². The molecular weight excluding hydrogens is 388 g/mol. The zero-order valence-corrected chi connectivity index (χ0v) is 17.3. The van der Waals surface area contributed by atoms with Gasteiger partial charge in [-0.2, -0.15) is 0 Å². The molecule has 1 heterocycles. The third kappa shape index (κ3) is 5.01. The molecule has 0 radical (unpaired) electrons. The second kappa shape index (κ2) is 9.30.